The van der Waals surface area contributed by atoms with Gasteiger partial charge >= 0.3 is 0 Å². The van der Waals surface area contributed by atoms with Crippen molar-refractivity contribution in [2.75, 3.05) is 31.4 Å². The number of hydrogen-bond donors (Lipinski definition) is 2. The average Bonchev–Trinajstić information content (AvgIpc) is 2.79. The second-order valence-corrected chi connectivity index (χ2v) is 9.09. The van der Waals surface area contributed by atoms with E-state index in [9.17, 15) is 13.4 Å². The van der Waals surface area contributed by atoms with Crippen molar-refractivity contribution < 1.29 is 22.9 Å². The number of nitrogens with one attached hydrogen (secondary N) is 1. The van der Waals surface area contributed by atoms with Crippen molar-refractivity contribution >= 4 is 28.2 Å². The molecule has 9 nitrogen and oxygen atoms in total. The molecule has 1 aromatic heterocycles. The molecule has 1 fully saturated rings. The summed E-state index contributed by atoms with van der Waals surface area (Å²) in [5, 5.41) is 2.66. The Balaban J connectivity index is 1.56. The minimum atomic E-state index is -1.32. The Kier molecular flexibility index (Phi) is 5.96. The van der Waals surface area contributed by atoms with Crippen molar-refractivity contribution in [2.24, 2.45) is 10.7 Å². The fraction of sp³-hybridized carbons (Fsp3) is 0.400. The third kappa shape index (κ3) is 4.15. The lowest BCUT2D eigenvalue weighted by atomic mass is 9.96. The second-order valence-electron chi connectivity index (χ2n) is 7.28. The highest BCUT2D eigenvalue weighted by atomic mass is 32.2. The van der Waals surface area contributed by atoms with Gasteiger partial charge in [0.15, 0.2) is 0 Å². The summed E-state index contributed by atoms with van der Waals surface area (Å²) in [6.07, 6.45) is 3.67. The van der Waals surface area contributed by atoms with Gasteiger partial charge in [-0.25, -0.2) is 14.4 Å². The number of methoxy groups -OCH3 is 1. The molecule has 31 heavy (non-hydrogen) atoms. The number of anilines is 1. The number of carbonyl (C=O) groups excluding carboxylic acids is 1. The first-order chi connectivity index (χ1) is 14.9. The number of amides is 1. The smallest absolute Gasteiger partial charge is 0.275 e. The van der Waals surface area contributed by atoms with Gasteiger partial charge in [0, 0.05) is 35.3 Å². The number of aromatic nitrogens is 2. The van der Waals surface area contributed by atoms with E-state index < -0.39 is 33.3 Å². The molecule has 11 heteroatoms. The SMILES string of the molecule is COc1cnc(C(=O)Nc2ccc(F)c(C3CS(=O)C4(CCOCC4)C(N)=N3)c2)cn1. The zero-order chi connectivity index (χ0) is 22.0. The highest BCUT2D eigenvalue weighted by Gasteiger charge is 2.46. The van der Waals surface area contributed by atoms with Crippen molar-refractivity contribution in [3.8, 4) is 5.88 Å². The van der Waals surface area contributed by atoms with Gasteiger partial charge in [-0.05, 0) is 31.0 Å². The Hall–Kier alpha value is -2.92. The fourth-order valence-electron chi connectivity index (χ4n) is 3.70. The van der Waals surface area contributed by atoms with Gasteiger partial charge < -0.3 is 20.5 Å². The summed E-state index contributed by atoms with van der Waals surface area (Å²) in [5.74, 6) is -0.317. The Labute approximate surface area is 180 Å². The number of benzene rings is 1. The fourth-order valence-corrected chi connectivity index (χ4v) is 5.47. The predicted molar refractivity (Wildman–Crippen MR) is 113 cm³/mol. The van der Waals surface area contributed by atoms with Crippen LogP contribution in [-0.2, 0) is 15.5 Å². The number of halogens is 1. The predicted octanol–water partition coefficient (Wildman–Crippen LogP) is 1.59. The first kappa shape index (κ1) is 21.3. The van der Waals surface area contributed by atoms with Crippen LogP contribution in [0.3, 0.4) is 0 Å². The van der Waals surface area contributed by atoms with E-state index in [1.54, 1.807) is 0 Å². The maximum Gasteiger partial charge on any atom is 0.275 e. The summed E-state index contributed by atoms with van der Waals surface area (Å²) in [6.45, 7) is 0.938. The van der Waals surface area contributed by atoms with Crippen LogP contribution in [0.15, 0.2) is 35.6 Å². The van der Waals surface area contributed by atoms with Gasteiger partial charge in [0.2, 0.25) is 5.88 Å². The third-order valence-corrected chi connectivity index (χ3v) is 7.60. The Morgan fingerprint density at radius 3 is 2.74 bits per heavy atom. The minimum absolute atomic E-state index is 0.0779. The van der Waals surface area contributed by atoms with Crippen molar-refractivity contribution in [3.63, 3.8) is 0 Å². The lowest BCUT2D eigenvalue weighted by molar-refractivity contribution is 0.0890. The van der Waals surface area contributed by atoms with E-state index in [2.05, 4.69) is 20.3 Å². The number of amidine groups is 1. The van der Waals surface area contributed by atoms with Gasteiger partial charge in [-0.3, -0.25) is 14.0 Å². The Morgan fingerprint density at radius 1 is 1.32 bits per heavy atom. The molecule has 2 unspecified atom stereocenters. The van der Waals surface area contributed by atoms with E-state index in [0.717, 1.165) is 0 Å². The van der Waals surface area contributed by atoms with E-state index in [0.29, 0.717) is 31.7 Å². The zero-order valence-corrected chi connectivity index (χ0v) is 17.7. The highest BCUT2D eigenvalue weighted by molar-refractivity contribution is 7.87. The first-order valence-electron chi connectivity index (χ1n) is 9.70. The van der Waals surface area contributed by atoms with E-state index in [1.807, 2.05) is 0 Å². The maximum absolute atomic E-state index is 14.6. The molecule has 1 amide bonds. The van der Waals surface area contributed by atoms with Crippen molar-refractivity contribution in [1.82, 2.24) is 9.97 Å². The van der Waals surface area contributed by atoms with Crippen LogP contribution in [0.2, 0.25) is 0 Å². The molecule has 1 saturated heterocycles. The van der Waals surface area contributed by atoms with Crippen LogP contribution in [0, 0.1) is 5.82 Å². The minimum Gasteiger partial charge on any atom is -0.480 e. The lowest BCUT2D eigenvalue weighted by Gasteiger charge is -2.39. The van der Waals surface area contributed by atoms with E-state index in [-0.39, 0.29) is 28.7 Å². The summed E-state index contributed by atoms with van der Waals surface area (Å²) in [7, 11) is 0.121. The zero-order valence-electron chi connectivity index (χ0n) is 16.8. The summed E-state index contributed by atoms with van der Waals surface area (Å²) >= 11 is 0. The van der Waals surface area contributed by atoms with Crippen LogP contribution < -0.4 is 15.8 Å². The van der Waals surface area contributed by atoms with Crippen LogP contribution in [0.25, 0.3) is 0 Å². The molecular formula is C20H22FN5O4S. The van der Waals surface area contributed by atoms with Gasteiger partial charge in [0.1, 0.15) is 22.1 Å². The molecule has 0 aliphatic carbocycles. The molecule has 164 valence electrons. The molecular weight excluding hydrogens is 425 g/mol. The molecule has 1 spiro atoms. The second kappa shape index (κ2) is 8.67. The number of hydrogen-bond acceptors (Lipinski definition) is 8. The molecule has 2 atom stereocenters. The van der Waals surface area contributed by atoms with Crippen LogP contribution in [0.4, 0.5) is 10.1 Å². The Bertz CT molecular complexity index is 1040. The van der Waals surface area contributed by atoms with E-state index >= 15 is 0 Å². The van der Waals surface area contributed by atoms with Crippen molar-refractivity contribution in [3.05, 3.63) is 47.7 Å². The number of aliphatic imine (C=N–C) groups is 1. The van der Waals surface area contributed by atoms with Crippen LogP contribution in [0.5, 0.6) is 5.88 Å². The highest BCUT2D eigenvalue weighted by Crippen LogP contribution is 2.37. The lowest BCUT2D eigenvalue weighted by Crippen LogP contribution is -2.55. The van der Waals surface area contributed by atoms with Crippen LogP contribution >= 0.6 is 0 Å². The number of nitrogens with two attached hydrogens (primary N) is 1. The van der Waals surface area contributed by atoms with E-state index in [4.69, 9.17) is 15.2 Å². The molecule has 4 rings (SSSR count). The molecule has 3 heterocycles. The standard InChI is InChI=1S/C20H22FN5O4S/c1-29-17-10-23-15(9-24-17)18(27)25-12-2-3-14(21)13(8-12)16-11-31(28)20(19(22)26-16)4-6-30-7-5-20/h2-3,8-10,16H,4-7,11H2,1H3,(H2,22,26)(H,25,27). The number of nitrogens with zero attached hydrogens (tertiary/aromatic N) is 3. The largest absolute Gasteiger partial charge is 0.480 e. The van der Waals surface area contributed by atoms with Gasteiger partial charge in [-0.15, -0.1) is 0 Å². The van der Waals surface area contributed by atoms with E-state index in [1.165, 1.54) is 37.7 Å². The normalized spacial score (nSPS) is 22.6. The quantitative estimate of drug-likeness (QED) is 0.728. The third-order valence-electron chi connectivity index (χ3n) is 5.49. The summed E-state index contributed by atoms with van der Waals surface area (Å²) in [6, 6.07) is 3.44. The Morgan fingerprint density at radius 2 is 2.10 bits per heavy atom. The maximum atomic E-state index is 14.6. The summed E-state index contributed by atoms with van der Waals surface area (Å²) in [4.78, 5) is 24.9. The van der Waals surface area contributed by atoms with Crippen molar-refractivity contribution in [2.45, 2.75) is 23.6 Å². The molecule has 2 aliphatic rings. The van der Waals surface area contributed by atoms with Gasteiger partial charge in [0.05, 0.1) is 31.3 Å². The molecule has 0 saturated carbocycles. The molecule has 3 N–H and O–H groups in total. The van der Waals surface area contributed by atoms with Crippen LogP contribution in [-0.4, -0.2) is 56.7 Å². The van der Waals surface area contributed by atoms with Crippen molar-refractivity contribution in [1.29, 1.82) is 0 Å². The molecule has 2 aliphatic heterocycles. The van der Waals surface area contributed by atoms with Gasteiger partial charge in [-0.2, -0.15) is 0 Å². The summed E-state index contributed by atoms with van der Waals surface area (Å²) in [5.41, 5.74) is 6.86. The summed E-state index contributed by atoms with van der Waals surface area (Å²) < 4.78 is 37.2. The average molecular weight is 447 g/mol. The molecule has 0 bridgehead atoms. The number of rotatable bonds is 4. The molecule has 1 aromatic carbocycles. The topological polar surface area (TPSA) is 129 Å². The van der Waals surface area contributed by atoms with Crippen LogP contribution in [0.1, 0.15) is 34.9 Å². The first-order valence-corrected chi connectivity index (χ1v) is 11.0. The molecule has 0 radical (unpaired) electrons. The number of ether oxygens (including phenoxy) is 2. The van der Waals surface area contributed by atoms with Gasteiger partial charge in [-0.1, -0.05) is 0 Å². The molecule has 2 aromatic rings. The monoisotopic (exact) mass is 447 g/mol. The number of carbonyl (C=O) groups is 1. The van der Waals surface area contributed by atoms with Gasteiger partial charge in [0.25, 0.3) is 5.91 Å².